The number of hydrazine groups is 1. The highest BCUT2D eigenvalue weighted by Crippen LogP contribution is 2.36. The van der Waals surface area contributed by atoms with Gasteiger partial charge >= 0.3 is 0 Å². The predicted molar refractivity (Wildman–Crippen MR) is 151 cm³/mol. The molecule has 9 heteroatoms. The zero-order valence-electron chi connectivity index (χ0n) is 22.0. The number of benzene rings is 2. The summed E-state index contributed by atoms with van der Waals surface area (Å²) in [7, 11) is 0. The first-order valence-electron chi connectivity index (χ1n) is 12.1. The molecule has 0 bridgehead atoms. The first kappa shape index (κ1) is 31.9. The zero-order valence-corrected chi connectivity index (χ0v) is 23.6. The molecule has 0 saturated carbocycles. The van der Waals surface area contributed by atoms with E-state index in [2.05, 4.69) is 26.5 Å². The van der Waals surface area contributed by atoms with Crippen molar-refractivity contribution in [1.29, 1.82) is 0 Å². The fourth-order valence-corrected chi connectivity index (χ4v) is 3.76. The van der Waals surface area contributed by atoms with E-state index in [0.717, 1.165) is 16.9 Å². The van der Waals surface area contributed by atoms with Crippen molar-refractivity contribution in [3.05, 3.63) is 65.0 Å². The second-order valence-electron chi connectivity index (χ2n) is 8.63. The lowest BCUT2D eigenvalue weighted by Gasteiger charge is -2.27. The molecule has 0 aliphatic rings. The molecule has 7 nitrogen and oxygen atoms in total. The van der Waals surface area contributed by atoms with Gasteiger partial charge in [0.15, 0.2) is 0 Å². The average Bonchev–Trinajstić information content (AvgIpc) is 2.87. The summed E-state index contributed by atoms with van der Waals surface area (Å²) >= 11 is 10.2. The Morgan fingerprint density at radius 2 is 1.72 bits per heavy atom. The van der Waals surface area contributed by atoms with Crippen molar-refractivity contribution >= 4 is 24.2 Å². The molecule has 1 unspecified atom stereocenters. The lowest BCUT2D eigenvalue weighted by Crippen LogP contribution is -2.35. The van der Waals surface area contributed by atoms with Crippen LogP contribution in [0.3, 0.4) is 0 Å². The minimum absolute atomic E-state index is 0.119. The molecule has 0 radical (unpaired) electrons. The Morgan fingerprint density at radius 1 is 1.11 bits per heavy atom. The van der Waals surface area contributed by atoms with Gasteiger partial charge in [-0.2, -0.15) is 0 Å². The average molecular weight is 540 g/mol. The molecule has 2 aromatic carbocycles. The third-order valence-electron chi connectivity index (χ3n) is 5.63. The predicted octanol–water partition coefficient (Wildman–Crippen LogP) is 4.43. The Morgan fingerprint density at radius 3 is 2.25 bits per heavy atom. The molecule has 202 valence electrons. The molecule has 0 saturated heterocycles. The van der Waals surface area contributed by atoms with Crippen molar-refractivity contribution in [3.8, 4) is 11.5 Å². The van der Waals surface area contributed by atoms with Crippen LogP contribution in [0.1, 0.15) is 52.2 Å². The number of hydrogen-bond donors (Lipinski definition) is 5. The second-order valence-corrected chi connectivity index (χ2v) is 9.42. The number of aliphatic hydroxyl groups excluding tert-OH is 2. The number of alkyl halides is 1. The third-order valence-corrected chi connectivity index (χ3v) is 6.34. The summed E-state index contributed by atoms with van der Waals surface area (Å²) < 4.78 is 11.5. The first-order chi connectivity index (χ1) is 17.1. The summed E-state index contributed by atoms with van der Waals surface area (Å²) in [6, 6.07) is 13.8. The smallest absolute Gasteiger partial charge is 0.132 e. The number of halogens is 1. The number of nitrogens with two attached hydrogens (primary N) is 2. The van der Waals surface area contributed by atoms with Crippen molar-refractivity contribution < 1.29 is 19.7 Å². The lowest BCUT2D eigenvalue weighted by molar-refractivity contribution is 0.123. The van der Waals surface area contributed by atoms with Crippen LogP contribution in [-0.2, 0) is 5.41 Å². The van der Waals surface area contributed by atoms with Crippen LogP contribution < -0.4 is 21.1 Å². The molecule has 0 aromatic heterocycles. The van der Waals surface area contributed by atoms with Crippen LogP contribution in [0.25, 0.3) is 0 Å². The van der Waals surface area contributed by atoms with E-state index in [0.29, 0.717) is 41.6 Å². The summed E-state index contributed by atoms with van der Waals surface area (Å²) in [5, 5.41) is 20.4. The molecule has 2 rings (SSSR count). The van der Waals surface area contributed by atoms with Gasteiger partial charge in [-0.1, -0.05) is 45.9 Å². The third kappa shape index (κ3) is 9.41. The normalized spacial score (nSPS) is 12.7. The first-order valence-corrected chi connectivity index (χ1v) is 13.1. The number of aliphatic hydroxyl groups is 2. The summed E-state index contributed by atoms with van der Waals surface area (Å²) in [4.78, 5) is 0.699. The van der Waals surface area contributed by atoms with Gasteiger partial charge in [-0.15, -0.1) is 24.2 Å². The van der Waals surface area contributed by atoms with Crippen molar-refractivity contribution in [3.63, 3.8) is 0 Å². The molecule has 36 heavy (non-hydrogen) atoms. The summed E-state index contributed by atoms with van der Waals surface area (Å²) in [5.41, 5.74) is 8.69. The SMILES string of the molecule is C/C(N)=C(\CO)N(N)CCCOc1ccc(C(C)(C)c2ccc(OCC(O)CCl)c(S)c2)cc1.CC. The van der Waals surface area contributed by atoms with Crippen molar-refractivity contribution in [2.75, 3.05) is 32.2 Å². The lowest BCUT2D eigenvalue weighted by atomic mass is 9.78. The molecule has 6 N–H and O–H groups in total. The molecule has 0 heterocycles. The highest BCUT2D eigenvalue weighted by Gasteiger charge is 2.24. The molecular formula is C27H42ClN3O4S. The minimum Gasteiger partial charge on any atom is -0.494 e. The van der Waals surface area contributed by atoms with Gasteiger partial charge in [-0.3, -0.25) is 0 Å². The number of rotatable bonds is 13. The Bertz CT molecular complexity index is 951. The fraction of sp³-hybridized carbons (Fsp3) is 0.481. The zero-order chi connectivity index (χ0) is 27.3. The van der Waals surface area contributed by atoms with Crippen LogP contribution in [0.2, 0.25) is 0 Å². The Balaban J connectivity index is 0.00000316. The number of allylic oxidation sites excluding steroid dienone is 1. The molecule has 2 aromatic rings. The van der Waals surface area contributed by atoms with Gasteiger partial charge in [0.1, 0.15) is 24.2 Å². The van der Waals surface area contributed by atoms with Crippen molar-refractivity contribution in [2.45, 2.75) is 57.5 Å². The molecule has 0 aliphatic heterocycles. The molecule has 0 fully saturated rings. The van der Waals surface area contributed by atoms with E-state index < -0.39 is 6.10 Å². The Hall–Kier alpha value is -2.10. The van der Waals surface area contributed by atoms with Crippen LogP contribution >= 0.6 is 24.2 Å². The van der Waals surface area contributed by atoms with E-state index in [4.69, 9.17) is 32.7 Å². The molecular weight excluding hydrogens is 498 g/mol. The molecule has 0 aliphatic carbocycles. The second kappa shape index (κ2) is 15.9. The molecule has 0 amide bonds. The van der Waals surface area contributed by atoms with Gasteiger partial charge in [-0.05, 0) is 42.3 Å². The van der Waals surface area contributed by atoms with Gasteiger partial charge in [0.05, 0.1) is 24.8 Å². The van der Waals surface area contributed by atoms with Crippen LogP contribution in [0, 0.1) is 0 Å². The maximum Gasteiger partial charge on any atom is 0.132 e. The summed E-state index contributed by atoms with van der Waals surface area (Å²) in [6.45, 7) is 10.9. The standard InChI is InChI=1S/C25H36ClN3O4S.C2H6/c1-17(27)22(15-30)29(28)11-4-12-32-21-8-5-18(6-9-21)25(2,3)19-7-10-23(24(34)13-19)33-16-20(31)14-26;1-2/h5-10,13,20,30-31,34H,4,11-12,14-16,27-28H2,1-3H3;1-2H3/b22-17-;. The van der Waals surface area contributed by atoms with Gasteiger partial charge in [0.2, 0.25) is 0 Å². The van der Waals surface area contributed by atoms with Crippen LogP contribution in [-0.4, -0.2) is 53.6 Å². The van der Waals surface area contributed by atoms with E-state index in [-0.39, 0.29) is 24.5 Å². The minimum atomic E-state index is -0.717. The highest BCUT2D eigenvalue weighted by atomic mass is 35.5. The number of ether oxygens (including phenoxy) is 2. The largest absolute Gasteiger partial charge is 0.494 e. The number of hydrogen-bond acceptors (Lipinski definition) is 8. The van der Waals surface area contributed by atoms with Gasteiger partial charge < -0.3 is 30.4 Å². The maximum atomic E-state index is 9.59. The van der Waals surface area contributed by atoms with Gasteiger partial charge in [-0.25, -0.2) is 5.84 Å². The fourth-order valence-electron chi connectivity index (χ4n) is 3.40. The maximum absolute atomic E-state index is 9.59. The van der Waals surface area contributed by atoms with E-state index in [1.807, 2.05) is 56.3 Å². The van der Waals surface area contributed by atoms with Gasteiger partial charge in [0.25, 0.3) is 0 Å². The van der Waals surface area contributed by atoms with Gasteiger partial charge in [0, 0.05) is 29.0 Å². The van der Waals surface area contributed by atoms with Crippen LogP contribution in [0.5, 0.6) is 11.5 Å². The highest BCUT2D eigenvalue weighted by molar-refractivity contribution is 7.80. The van der Waals surface area contributed by atoms with E-state index >= 15 is 0 Å². The van der Waals surface area contributed by atoms with E-state index in [9.17, 15) is 10.2 Å². The Kier molecular flexibility index (Phi) is 14.1. The van der Waals surface area contributed by atoms with Crippen molar-refractivity contribution in [2.24, 2.45) is 11.6 Å². The topological polar surface area (TPSA) is 114 Å². The number of thiol groups is 1. The van der Waals surface area contributed by atoms with Crippen LogP contribution in [0.15, 0.2) is 58.8 Å². The summed E-state index contributed by atoms with van der Waals surface area (Å²) in [5.74, 6) is 7.43. The summed E-state index contributed by atoms with van der Waals surface area (Å²) in [6.07, 6.45) is -0.0350. The molecule has 1 atom stereocenters. The number of nitrogens with zero attached hydrogens (tertiary/aromatic N) is 1. The quantitative estimate of drug-likeness (QED) is 0.0840. The van der Waals surface area contributed by atoms with E-state index in [1.54, 1.807) is 6.92 Å². The van der Waals surface area contributed by atoms with E-state index in [1.165, 1.54) is 5.01 Å². The molecule has 0 spiro atoms. The monoisotopic (exact) mass is 539 g/mol. The van der Waals surface area contributed by atoms with Crippen LogP contribution in [0.4, 0.5) is 0 Å². The Labute approximate surface area is 226 Å². The van der Waals surface area contributed by atoms with Crippen molar-refractivity contribution in [1.82, 2.24) is 5.01 Å².